The molecule has 4 heteroatoms. The van der Waals surface area contributed by atoms with E-state index in [2.05, 4.69) is 15.9 Å². The number of aliphatic carboxylic acids is 1. The van der Waals surface area contributed by atoms with Gasteiger partial charge in [-0.3, -0.25) is 4.79 Å². The van der Waals surface area contributed by atoms with Gasteiger partial charge in [0, 0.05) is 5.33 Å². The lowest BCUT2D eigenvalue weighted by molar-refractivity contribution is -0.136. The molecular weight excluding hydrogens is 239 g/mol. The zero-order valence-electron chi connectivity index (χ0n) is 6.76. The van der Waals surface area contributed by atoms with Crippen molar-refractivity contribution in [2.45, 2.75) is 11.8 Å². The molecule has 0 saturated heterocycles. The first kappa shape index (κ1) is 10.2. The lowest BCUT2D eigenvalue weighted by Crippen LogP contribution is -2.01. The number of carboxylic acids is 1. The summed E-state index contributed by atoms with van der Waals surface area (Å²) in [6.45, 7) is 0. The number of carboxylic acid groups (broad SMARTS) is 1. The van der Waals surface area contributed by atoms with E-state index in [1.54, 1.807) is 6.07 Å². The molecule has 0 aliphatic rings. The van der Waals surface area contributed by atoms with Crippen molar-refractivity contribution in [2.75, 3.05) is 0 Å². The maximum atomic E-state index is 12.9. The monoisotopic (exact) mass is 246 g/mol. The van der Waals surface area contributed by atoms with Crippen LogP contribution in [0.15, 0.2) is 18.2 Å². The molecule has 70 valence electrons. The van der Waals surface area contributed by atoms with Crippen molar-refractivity contribution in [1.82, 2.24) is 0 Å². The van der Waals surface area contributed by atoms with Crippen LogP contribution in [0, 0.1) is 5.82 Å². The van der Waals surface area contributed by atoms with Gasteiger partial charge >= 0.3 is 5.97 Å². The van der Waals surface area contributed by atoms with Gasteiger partial charge in [0.05, 0.1) is 6.42 Å². The Balaban J connectivity index is 2.94. The summed E-state index contributed by atoms with van der Waals surface area (Å²) in [5, 5.41) is 9.01. The smallest absolute Gasteiger partial charge is 0.307 e. The second-order valence-corrected chi connectivity index (χ2v) is 3.23. The number of halogens is 2. The van der Waals surface area contributed by atoms with Crippen LogP contribution in [0.2, 0.25) is 0 Å². The molecule has 0 fully saturated rings. The number of benzene rings is 1. The summed E-state index contributed by atoms with van der Waals surface area (Å²) >= 11 is 3.18. The Bertz CT molecular complexity index is 325. The predicted octanol–water partition coefficient (Wildman–Crippen LogP) is 2.35. The molecule has 0 aromatic heterocycles. The van der Waals surface area contributed by atoms with Crippen LogP contribution in [-0.2, 0) is 16.5 Å². The van der Waals surface area contributed by atoms with Gasteiger partial charge in [0.15, 0.2) is 0 Å². The van der Waals surface area contributed by atoms with Crippen LogP contribution < -0.4 is 0 Å². The molecule has 0 heterocycles. The minimum atomic E-state index is -0.953. The first-order valence-corrected chi connectivity index (χ1v) is 4.80. The number of hydrogen-bond donors (Lipinski definition) is 1. The van der Waals surface area contributed by atoms with Crippen LogP contribution in [0.1, 0.15) is 11.1 Å². The molecule has 0 amide bonds. The molecule has 13 heavy (non-hydrogen) atoms. The third kappa shape index (κ3) is 3.14. The normalized spacial score (nSPS) is 10.0. The predicted molar refractivity (Wildman–Crippen MR) is 50.4 cm³/mol. The second kappa shape index (κ2) is 4.37. The Kier molecular flexibility index (Phi) is 3.42. The van der Waals surface area contributed by atoms with Crippen molar-refractivity contribution in [3.05, 3.63) is 35.1 Å². The van der Waals surface area contributed by atoms with Gasteiger partial charge in [0.1, 0.15) is 5.82 Å². The van der Waals surface area contributed by atoms with E-state index in [9.17, 15) is 9.18 Å². The van der Waals surface area contributed by atoms with E-state index in [1.807, 2.05) is 0 Å². The Hall–Kier alpha value is -0.900. The van der Waals surface area contributed by atoms with E-state index in [4.69, 9.17) is 5.11 Å². The van der Waals surface area contributed by atoms with Crippen molar-refractivity contribution < 1.29 is 14.3 Å². The minimum absolute atomic E-state index is 0.141. The Morgan fingerprint density at radius 3 is 2.54 bits per heavy atom. The zero-order valence-corrected chi connectivity index (χ0v) is 8.34. The Labute approximate surface area is 83.5 Å². The summed E-state index contributed by atoms with van der Waals surface area (Å²) in [7, 11) is 0. The third-order valence-electron chi connectivity index (χ3n) is 1.53. The molecule has 1 N–H and O–H groups in total. The van der Waals surface area contributed by atoms with Gasteiger partial charge in [0.2, 0.25) is 0 Å². The molecule has 1 aromatic rings. The Morgan fingerprint density at radius 2 is 2.00 bits per heavy atom. The van der Waals surface area contributed by atoms with Crippen LogP contribution >= 0.6 is 15.9 Å². The highest BCUT2D eigenvalue weighted by Gasteiger charge is 2.03. The van der Waals surface area contributed by atoms with E-state index in [0.717, 1.165) is 5.56 Å². The fourth-order valence-electron chi connectivity index (χ4n) is 1.07. The molecule has 0 aliphatic heterocycles. The summed E-state index contributed by atoms with van der Waals surface area (Å²) in [6, 6.07) is 4.28. The summed E-state index contributed by atoms with van der Waals surface area (Å²) in [5.41, 5.74) is 1.23. The highest BCUT2D eigenvalue weighted by atomic mass is 79.9. The van der Waals surface area contributed by atoms with E-state index in [1.165, 1.54) is 12.1 Å². The van der Waals surface area contributed by atoms with Crippen molar-refractivity contribution in [1.29, 1.82) is 0 Å². The van der Waals surface area contributed by atoms with Gasteiger partial charge in [-0.1, -0.05) is 22.0 Å². The third-order valence-corrected chi connectivity index (χ3v) is 2.17. The molecule has 0 saturated carbocycles. The average Bonchev–Trinajstić information content (AvgIpc) is 2.01. The summed E-state index contributed by atoms with van der Waals surface area (Å²) in [4.78, 5) is 10.3. The maximum absolute atomic E-state index is 12.9. The van der Waals surface area contributed by atoms with Crippen LogP contribution in [-0.4, -0.2) is 11.1 Å². The van der Waals surface area contributed by atoms with E-state index >= 15 is 0 Å². The van der Waals surface area contributed by atoms with Gasteiger partial charge in [-0.05, 0) is 23.3 Å². The molecule has 0 radical (unpaired) electrons. The van der Waals surface area contributed by atoms with E-state index < -0.39 is 11.8 Å². The highest BCUT2D eigenvalue weighted by Crippen LogP contribution is 2.12. The molecular formula is C9H8BrFO2. The number of carbonyl (C=O) groups is 1. The molecule has 1 rings (SSSR count). The second-order valence-electron chi connectivity index (χ2n) is 2.67. The summed E-state index contributed by atoms with van der Waals surface area (Å²) < 4.78 is 12.9. The van der Waals surface area contributed by atoms with E-state index in [0.29, 0.717) is 10.9 Å². The van der Waals surface area contributed by atoms with Gasteiger partial charge in [-0.15, -0.1) is 0 Å². The van der Waals surface area contributed by atoms with Gasteiger partial charge in [-0.25, -0.2) is 4.39 Å². The van der Waals surface area contributed by atoms with Crippen molar-refractivity contribution in [3.8, 4) is 0 Å². The molecule has 0 bridgehead atoms. The van der Waals surface area contributed by atoms with Crippen LogP contribution in [0.25, 0.3) is 0 Å². The van der Waals surface area contributed by atoms with Gasteiger partial charge in [-0.2, -0.15) is 0 Å². The lowest BCUT2D eigenvalue weighted by atomic mass is 10.1. The average molecular weight is 247 g/mol. The lowest BCUT2D eigenvalue weighted by Gasteiger charge is -2.00. The maximum Gasteiger partial charge on any atom is 0.307 e. The SMILES string of the molecule is O=C(O)Cc1cc(F)cc(CBr)c1. The molecule has 2 nitrogen and oxygen atoms in total. The Morgan fingerprint density at radius 1 is 1.38 bits per heavy atom. The standard InChI is InChI=1S/C9H8BrFO2/c10-5-7-1-6(4-9(12)13)2-8(11)3-7/h1-3H,4-5H2,(H,12,13). The first-order valence-electron chi connectivity index (χ1n) is 3.68. The van der Waals surface area contributed by atoms with Crippen molar-refractivity contribution in [2.24, 2.45) is 0 Å². The van der Waals surface area contributed by atoms with Crippen LogP contribution in [0.3, 0.4) is 0 Å². The summed E-state index contributed by atoms with van der Waals surface area (Å²) in [6.07, 6.45) is -0.141. The quantitative estimate of drug-likeness (QED) is 0.832. The molecule has 0 aliphatic carbocycles. The first-order chi connectivity index (χ1) is 6.11. The van der Waals surface area contributed by atoms with Crippen molar-refractivity contribution in [3.63, 3.8) is 0 Å². The van der Waals surface area contributed by atoms with Crippen LogP contribution in [0.5, 0.6) is 0 Å². The molecule has 0 unspecified atom stereocenters. The topological polar surface area (TPSA) is 37.3 Å². The molecule has 1 aromatic carbocycles. The van der Waals surface area contributed by atoms with Gasteiger partial charge in [0.25, 0.3) is 0 Å². The van der Waals surface area contributed by atoms with Crippen molar-refractivity contribution >= 4 is 21.9 Å². The number of rotatable bonds is 3. The summed E-state index contributed by atoms with van der Waals surface area (Å²) in [5.74, 6) is -1.35. The van der Waals surface area contributed by atoms with Gasteiger partial charge < -0.3 is 5.11 Å². The fourth-order valence-corrected chi connectivity index (χ4v) is 1.39. The fraction of sp³-hybridized carbons (Fsp3) is 0.222. The van der Waals surface area contributed by atoms with E-state index in [-0.39, 0.29) is 6.42 Å². The van der Waals surface area contributed by atoms with Crippen LogP contribution in [0.4, 0.5) is 4.39 Å². The number of alkyl halides is 1. The largest absolute Gasteiger partial charge is 0.481 e. The number of hydrogen-bond acceptors (Lipinski definition) is 1. The zero-order chi connectivity index (χ0) is 9.84. The minimum Gasteiger partial charge on any atom is -0.481 e. The highest BCUT2D eigenvalue weighted by molar-refractivity contribution is 9.08. The molecule has 0 atom stereocenters. The molecule has 0 spiro atoms.